The smallest absolute Gasteiger partial charge is 0.324 e. The molecule has 3 rings (SSSR count). The van der Waals surface area contributed by atoms with Crippen molar-refractivity contribution in [2.45, 2.75) is 19.5 Å². The molecular weight excluding hydrogens is 354 g/mol. The molecule has 1 fully saturated rings. The Labute approximate surface area is 156 Å². The molecule has 1 atom stereocenters. The maximum Gasteiger partial charge on any atom is 0.324 e. The monoisotopic (exact) mass is 371 g/mol. The van der Waals surface area contributed by atoms with Gasteiger partial charge in [-0.25, -0.2) is 4.79 Å². The molecule has 0 aromatic heterocycles. The van der Waals surface area contributed by atoms with E-state index in [-0.39, 0.29) is 30.9 Å². The van der Waals surface area contributed by atoms with Gasteiger partial charge in [-0.1, -0.05) is 41.9 Å². The highest BCUT2D eigenvalue weighted by atomic mass is 35.5. The first kappa shape index (κ1) is 17.9. The predicted molar refractivity (Wildman–Crippen MR) is 97.7 cm³/mol. The topological polar surface area (TPSA) is 78.5 Å². The van der Waals surface area contributed by atoms with E-state index in [9.17, 15) is 14.4 Å². The van der Waals surface area contributed by atoms with E-state index >= 15 is 0 Å². The predicted octanol–water partition coefficient (Wildman–Crippen LogP) is 2.88. The molecule has 1 aliphatic rings. The Morgan fingerprint density at radius 1 is 1.19 bits per heavy atom. The van der Waals surface area contributed by atoms with Crippen LogP contribution in [0, 0.1) is 0 Å². The first-order chi connectivity index (χ1) is 12.5. The van der Waals surface area contributed by atoms with Crippen LogP contribution >= 0.6 is 11.6 Å². The first-order valence-electron chi connectivity index (χ1n) is 8.18. The van der Waals surface area contributed by atoms with Crippen LogP contribution in [0.3, 0.4) is 0 Å². The lowest BCUT2D eigenvalue weighted by Crippen LogP contribution is -2.30. The summed E-state index contributed by atoms with van der Waals surface area (Å²) in [7, 11) is 0. The molecule has 6 nitrogen and oxygen atoms in total. The van der Waals surface area contributed by atoms with Gasteiger partial charge in [-0.15, -0.1) is 0 Å². The molecule has 0 aliphatic carbocycles. The summed E-state index contributed by atoms with van der Waals surface area (Å²) in [6.07, 6.45) is 0. The highest BCUT2D eigenvalue weighted by molar-refractivity contribution is 6.31. The lowest BCUT2D eigenvalue weighted by atomic mass is 10.1. The highest BCUT2D eigenvalue weighted by Crippen LogP contribution is 2.22. The quantitative estimate of drug-likeness (QED) is 0.793. The number of hydrogen-bond donors (Lipinski definition) is 2. The summed E-state index contributed by atoms with van der Waals surface area (Å²) in [4.78, 5) is 36.7. The molecule has 7 heteroatoms. The van der Waals surface area contributed by atoms with E-state index in [2.05, 4.69) is 10.6 Å². The molecule has 0 radical (unpaired) electrons. The minimum atomic E-state index is -0.398. The third-order valence-corrected chi connectivity index (χ3v) is 4.56. The van der Waals surface area contributed by atoms with Crippen LogP contribution in [0.25, 0.3) is 0 Å². The largest absolute Gasteiger partial charge is 0.345 e. The number of urea groups is 1. The van der Waals surface area contributed by atoms with Crippen LogP contribution in [-0.4, -0.2) is 29.3 Å². The van der Waals surface area contributed by atoms with Crippen molar-refractivity contribution in [1.82, 2.24) is 15.5 Å². The molecule has 4 amide bonds. The number of benzene rings is 2. The molecule has 2 aromatic rings. The zero-order valence-electron chi connectivity index (χ0n) is 14.2. The summed E-state index contributed by atoms with van der Waals surface area (Å²) in [5, 5.41) is 5.98. The molecule has 2 aromatic carbocycles. The third-order valence-electron chi connectivity index (χ3n) is 4.21. The summed E-state index contributed by atoms with van der Waals surface area (Å²) in [6.45, 7) is 2.08. The van der Waals surface area contributed by atoms with Crippen LogP contribution in [0.15, 0.2) is 48.5 Å². The summed E-state index contributed by atoms with van der Waals surface area (Å²) < 4.78 is 0. The number of carbonyl (C=O) groups excluding carboxylic acids is 3. The van der Waals surface area contributed by atoms with Crippen LogP contribution in [0.1, 0.15) is 34.5 Å². The van der Waals surface area contributed by atoms with Crippen molar-refractivity contribution in [3.8, 4) is 0 Å². The van der Waals surface area contributed by atoms with Gasteiger partial charge < -0.3 is 10.6 Å². The van der Waals surface area contributed by atoms with Crippen LogP contribution in [0.2, 0.25) is 5.02 Å². The number of rotatable bonds is 5. The minimum absolute atomic E-state index is 0.0270. The normalized spacial score (nSPS) is 14.9. The fourth-order valence-electron chi connectivity index (χ4n) is 2.74. The minimum Gasteiger partial charge on any atom is -0.345 e. The average Bonchev–Trinajstić information content (AvgIpc) is 2.94. The summed E-state index contributed by atoms with van der Waals surface area (Å²) in [5.41, 5.74) is 2.11. The van der Waals surface area contributed by atoms with E-state index in [1.807, 2.05) is 25.1 Å². The van der Waals surface area contributed by atoms with Crippen molar-refractivity contribution in [3.63, 3.8) is 0 Å². The molecule has 0 bridgehead atoms. The summed E-state index contributed by atoms with van der Waals surface area (Å²) >= 11 is 6.16. The van der Waals surface area contributed by atoms with Gasteiger partial charge in [0.25, 0.3) is 5.91 Å². The number of nitrogens with zero attached hydrogens (tertiary/aromatic N) is 1. The summed E-state index contributed by atoms with van der Waals surface area (Å²) in [6, 6.07) is 13.5. The van der Waals surface area contributed by atoms with Crippen LogP contribution < -0.4 is 10.6 Å². The van der Waals surface area contributed by atoms with E-state index in [0.717, 1.165) is 16.0 Å². The van der Waals surface area contributed by atoms with Gasteiger partial charge in [-0.2, -0.15) is 0 Å². The van der Waals surface area contributed by atoms with Gasteiger partial charge in [0.15, 0.2) is 0 Å². The van der Waals surface area contributed by atoms with E-state index < -0.39 is 6.03 Å². The molecule has 0 saturated carbocycles. The number of imide groups is 1. The number of carbonyl (C=O) groups is 3. The van der Waals surface area contributed by atoms with Gasteiger partial charge in [-0.3, -0.25) is 14.5 Å². The van der Waals surface area contributed by atoms with Crippen LogP contribution in [0.4, 0.5) is 4.79 Å². The summed E-state index contributed by atoms with van der Waals surface area (Å²) in [5.74, 6) is -0.482. The van der Waals surface area contributed by atoms with Gasteiger partial charge in [0.2, 0.25) is 5.91 Å². The zero-order valence-corrected chi connectivity index (χ0v) is 14.9. The molecule has 134 valence electrons. The number of nitrogens with one attached hydrogen (secondary N) is 2. The Kier molecular flexibility index (Phi) is 5.23. The highest BCUT2D eigenvalue weighted by Gasteiger charge is 2.28. The second-order valence-corrected chi connectivity index (χ2v) is 6.46. The van der Waals surface area contributed by atoms with E-state index in [0.29, 0.717) is 10.6 Å². The standard InChI is InChI=1S/C19H18ClN3O3/c1-12(15-4-2-3-5-16(15)20)22-18(25)14-8-6-13(7-9-14)11-23-17(24)10-21-19(23)26/h2-9,12H,10-11H2,1H3,(H,21,26)(H,22,25)/t12-/m0/s1. The molecule has 1 saturated heterocycles. The molecule has 1 heterocycles. The van der Waals surface area contributed by atoms with Crippen LogP contribution in [0.5, 0.6) is 0 Å². The maximum atomic E-state index is 12.4. The molecule has 0 unspecified atom stereocenters. The van der Waals surface area contributed by atoms with Gasteiger partial charge in [0, 0.05) is 10.6 Å². The Morgan fingerprint density at radius 2 is 1.88 bits per heavy atom. The fraction of sp³-hybridized carbons (Fsp3) is 0.211. The zero-order chi connectivity index (χ0) is 18.7. The van der Waals surface area contributed by atoms with Crippen molar-refractivity contribution >= 4 is 29.4 Å². The molecular formula is C19H18ClN3O3. The van der Waals surface area contributed by atoms with E-state index in [1.165, 1.54) is 0 Å². The van der Waals surface area contributed by atoms with Crippen molar-refractivity contribution in [3.05, 3.63) is 70.2 Å². The Bertz CT molecular complexity index is 835. The molecule has 1 aliphatic heterocycles. The van der Waals surface area contributed by atoms with Crippen molar-refractivity contribution < 1.29 is 14.4 Å². The van der Waals surface area contributed by atoms with Gasteiger partial charge >= 0.3 is 6.03 Å². The van der Waals surface area contributed by atoms with Crippen molar-refractivity contribution in [2.75, 3.05) is 6.54 Å². The van der Waals surface area contributed by atoms with Gasteiger partial charge in [0.1, 0.15) is 0 Å². The van der Waals surface area contributed by atoms with Crippen molar-refractivity contribution in [2.24, 2.45) is 0 Å². The lowest BCUT2D eigenvalue weighted by molar-refractivity contribution is -0.125. The molecule has 2 N–H and O–H groups in total. The molecule has 26 heavy (non-hydrogen) atoms. The Balaban J connectivity index is 1.64. The maximum absolute atomic E-state index is 12.4. The number of hydrogen-bond acceptors (Lipinski definition) is 3. The van der Waals surface area contributed by atoms with Crippen molar-refractivity contribution in [1.29, 1.82) is 0 Å². The van der Waals surface area contributed by atoms with Gasteiger partial charge in [0.05, 0.1) is 19.1 Å². The van der Waals surface area contributed by atoms with Crippen LogP contribution in [-0.2, 0) is 11.3 Å². The van der Waals surface area contributed by atoms with Gasteiger partial charge in [-0.05, 0) is 36.2 Å². The van der Waals surface area contributed by atoms with E-state index in [4.69, 9.17) is 11.6 Å². The number of amides is 4. The van der Waals surface area contributed by atoms with E-state index in [1.54, 1.807) is 30.3 Å². The second kappa shape index (κ2) is 7.58. The average molecular weight is 372 g/mol. The Morgan fingerprint density at radius 3 is 2.50 bits per heavy atom. The fourth-order valence-corrected chi connectivity index (χ4v) is 3.04. The lowest BCUT2D eigenvalue weighted by Gasteiger charge is -2.16. The first-order valence-corrected chi connectivity index (χ1v) is 8.56. The molecule has 0 spiro atoms. The second-order valence-electron chi connectivity index (χ2n) is 6.05. The number of halogens is 1. The Hall–Kier alpha value is -2.86. The third kappa shape index (κ3) is 3.86. The SMILES string of the molecule is C[C@H](NC(=O)c1ccc(CN2C(=O)CNC2=O)cc1)c1ccccc1Cl.